The minimum absolute atomic E-state index is 0.144. The van der Waals surface area contributed by atoms with Crippen molar-refractivity contribution in [3.05, 3.63) is 125 Å². The van der Waals surface area contributed by atoms with Crippen LogP contribution in [0.1, 0.15) is 60.8 Å². The van der Waals surface area contributed by atoms with E-state index in [9.17, 15) is 19.2 Å². The topological polar surface area (TPSA) is 117 Å². The molecule has 276 valence electrons. The number of fused-ring (bicyclic) bond motifs is 4. The smallest absolute Gasteiger partial charge is 0.243 e. The third kappa shape index (κ3) is 10.8. The van der Waals surface area contributed by atoms with Crippen molar-refractivity contribution in [2.75, 3.05) is 19.7 Å². The van der Waals surface area contributed by atoms with Crippen molar-refractivity contribution < 1.29 is 23.9 Å². The average molecular weight is 715 g/mol. The first-order chi connectivity index (χ1) is 25.8. The Morgan fingerprint density at radius 1 is 0.830 bits per heavy atom. The lowest BCUT2D eigenvalue weighted by Gasteiger charge is -2.34. The van der Waals surface area contributed by atoms with E-state index < -0.39 is 18.0 Å². The highest BCUT2D eigenvalue weighted by atomic mass is 16.5. The molecular formula is C44H50N4O5. The van der Waals surface area contributed by atoms with Gasteiger partial charge in [-0.3, -0.25) is 19.2 Å². The molecule has 0 saturated carbocycles. The van der Waals surface area contributed by atoms with E-state index in [0.29, 0.717) is 39.0 Å². The van der Waals surface area contributed by atoms with Gasteiger partial charge in [-0.05, 0) is 96.9 Å². The molecule has 1 unspecified atom stereocenters. The van der Waals surface area contributed by atoms with Crippen molar-refractivity contribution in [3.63, 3.8) is 0 Å². The maximum atomic E-state index is 14.1. The van der Waals surface area contributed by atoms with Gasteiger partial charge in [0.15, 0.2) is 0 Å². The molecule has 4 aromatic rings. The van der Waals surface area contributed by atoms with E-state index in [0.717, 1.165) is 58.4 Å². The van der Waals surface area contributed by atoms with Crippen LogP contribution in [-0.2, 0) is 38.6 Å². The van der Waals surface area contributed by atoms with Crippen molar-refractivity contribution in [1.82, 2.24) is 20.9 Å². The highest BCUT2D eigenvalue weighted by Crippen LogP contribution is 2.24. The minimum Gasteiger partial charge on any atom is -0.494 e. The molecule has 0 spiro atoms. The molecule has 2 aliphatic rings. The molecule has 3 N–H and O–H groups in total. The largest absolute Gasteiger partial charge is 0.494 e. The SMILES string of the molecule is Cc1ccc2cc1CNC(=O)[C@H](CCc1ccccc1)NC(=O)[C@@H](NC(=O)CCc1ccc(-c3ccccc3)cc1)CC(=O)N1CCCC(CCO2)C1. The lowest BCUT2D eigenvalue weighted by Crippen LogP contribution is -2.55. The number of carbonyl (C=O) groups excluding carboxylic acids is 4. The van der Waals surface area contributed by atoms with Crippen molar-refractivity contribution in [2.24, 2.45) is 5.92 Å². The quantitative estimate of drug-likeness (QED) is 0.210. The Hall–Kier alpha value is -5.44. The van der Waals surface area contributed by atoms with E-state index in [2.05, 4.69) is 28.1 Å². The summed E-state index contributed by atoms with van der Waals surface area (Å²) in [6.45, 7) is 3.94. The molecule has 9 heteroatoms. The number of amides is 4. The molecule has 0 radical (unpaired) electrons. The summed E-state index contributed by atoms with van der Waals surface area (Å²) in [7, 11) is 0. The third-order valence-corrected chi connectivity index (χ3v) is 10.4. The first-order valence-electron chi connectivity index (χ1n) is 18.9. The van der Waals surface area contributed by atoms with E-state index in [1.807, 2.05) is 103 Å². The lowest BCUT2D eigenvalue weighted by atomic mass is 9.94. The summed E-state index contributed by atoms with van der Waals surface area (Å²) in [5.74, 6) is -0.401. The summed E-state index contributed by atoms with van der Waals surface area (Å²) in [6, 6.07) is 31.8. The number of hydrogen-bond donors (Lipinski definition) is 3. The zero-order valence-electron chi connectivity index (χ0n) is 30.5. The van der Waals surface area contributed by atoms with Crippen molar-refractivity contribution >= 4 is 23.6 Å². The zero-order valence-corrected chi connectivity index (χ0v) is 30.5. The number of carbonyl (C=O) groups is 4. The maximum Gasteiger partial charge on any atom is 0.243 e. The predicted molar refractivity (Wildman–Crippen MR) is 206 cm³/mol. The fourth-order valence-electron chi connectivity index (χ4n) is 7.13. The second-order valence-electron chi connectivity index (χ2n) is 14.3. The molecule has 1 fully saturated rings. The zero-order chi connectivity index (χ0) is 37.0. The molecule has 2 aliphatic heterocycles. The van der Waals surface area contributed by atoms with Gasteiger partial charge in [0, 0.05) is 26.1 Å². The minimum atomic E-state index is -1.14. The predicted octanol–water partition coefficient (Wildman–Crippen LogP) is 5.92. The molecule has 4 aromatic carbocycles. The summed E-state index contributed by atoms with van der Waals surface area (Å²) < 4.78 is 6.14. The Bertz CT molecular complexity index is 1850. The fraction of sp³-hybridized carbons (Fsp3) is 0.364. The van der Waals surface area contributed by atoms with Gasteiger partial charge in [0.25, 0.3) is 0 Å². The van der Waals surface area contributed by atoms with E-state index >= 15 is 0 Å². The molecule has 53 heavy (non-hydrogen) atoms. The summed E-state index contributed by atoms with van der Waals surface area (Å²) in [5, 5.41) is 8.82. The van der Waals surface area contributed by atoms with Gasteiger partial charge in [0.2, 0.25) is 23.6 Å². The van der Waals surface area contributed by atoms with E-state index in [4.69, 9.17) is 4.74 Å². The summed E-state index contributed by atoms with van der Waals surface area (Å²) in [6.07, 6.45) is 3.96. The van der Waals surface area contributed by atoms with Crippen LogP contribution in [0.4, 0.5) is 0 Å². The highest BCUT2D eigenvalue weighted by Gasteiger charge is 2.32. The number of nitrogens with one attached hydrogen (secondary N) is 3. The summed E-state index contributed by atoms with van der Waals surface area (Å²) in [5.41, 5.74) is 6.19. The Morgan fingerprint density at radius 3 is 2.32 bits per heavy atom. The molecular weight excluding hydrogens is 665 g/mol. The van der Waals surface area contributed by atoms with Crippen LogP contribution in [0.2, 0.25) is 0 Å². The van der Waals surface area contributed by atoms with Gasteiger partial charge < -0.3 is 25.6 Å². The van der Waals surface area contributed by atoms with Gasteiger partial charge in [0.1, 0.15) is 17.8 Å². The number of rotatable bonds is 8. The van der Waals surface area contributed by atoms with Crippen LogP contribution < -0.4 is 20.7 Å². The third-order valence-electron chi connectivity index (χ3n) is 10.4. The fourth-order valence-corrected chi connectivity index (χ4v) is 7.13. The molecule has 2 heterocycles. The number of benzene rings is 4. The normalized spacial score (nSPS) is 19.9. The Balaban J connectivity index is 1.19. The van der Waals surface area contributed by atoms with Crippen LogP contribution in [-0.4, -0.2) is 60.3 Å². The van der Waals surface area contributed by atoms with Gasteiger partial charge in [-0.1, -0.05) is 91.0 Å². The van der Waals surface area contributed by atoms with Gasteiger partial charge in [-0.15, -0.1) is 0 Å². The van der Waals surface area contributed by atoms with E-state index in [-0.39, 0.29) is 43.0 Å². The number of nitrogens with zero attached hydrogens (tertiary/aromatic N) is 1. The molecule has 0 aromatic heterocycles. The van der Waals surface area contributed by atoms with E-state index in [1.54, 1.807) is 0 Å². The van der Waals surface area contributed by atoms with Gasteiger partial charge in [-0.2, -0.15) is 0 Å². The number of piperidine rings is 1. The number of hydrogen-bond acceptors (Lipinski definition) is 5. The summed E-state index contributed by atoms with van der Waals surface area (Å²) in [4.78, 5) is 56.9. The van der Waals surface area contributed by atoms with Crippen LogP contribution in [0, 0.1) is 12.8 Å². The van der Waals surface area contributed by atoms with Crippen molar-refractivity contribution in [1.29, 1.82) is 0 Å². The Kier molecular flexibility index (Phi) is 12.9. The Morgan fingerprint density at radius 2 is 1.55 bits per heavy atom. The van der Waals surface area contributed by atoms with Crippen LogP contribution >= 0.6 is 0 Å². The first-order valence-corrected chi connectivity index (χ1v) is 18.9. The number of aryl methyl sites for hydroxylation is 3. The molecule has 3 atom stereocenters. The molecule has 6 rings (SSSR count). The van der Waals surface area contributed by atoms with Crippen molar-refractivity contribution in [3.8, 4) is 16.9 Å². The van der Waals surface area contributed by atoms with Gasteiger partial charge in [-0.25, -0.2) is 0 Å². The average Bonchev–Trinajstić information content (AvgIpc) is 3.19. The maximum absolute atomic E-state index is 14.1. The van der Waals surface area contributed by atoms with Crippen LogP contribution in [0.15, 0.2) is 103 Å². The first kappa shape index (κ1) is 37.3. The molecule has 0 aliphatic carbocycles. The molecule has 4 amide bonds. The molecule has 1 saturated heterocycles. The number of ether oxygens (including phenoxy) is 1. The van der Waals surface area contributed by atoms with Gasteiger partial charge in [0.05, 0.1) is 13.0 Å². The van der Waals surface area contributed by atoms with E-state index in [1.165, 1.54) is 0 Å². The second-order valence-corrected chi connectivity index (χ2v) is 14.3. The van der Waals surface area contributed by atoms with Crippen molar-refractivity contribution in [2.45, 2.75) is 76.9 Å². The monoisotopic (exact) mass is 714 g/mol. The van der Waals surface area contributed by atoms with Crippen LogP contribution in [0.5, 0.6) is 5.75 Å². The molecule has 4 bridgehead atoms. The highest BCUT2D eigenvalue weighted by molar-refractivity contribution is 5.95. The summed E-state index contributed by atoms with van der Waals surface area (Å²) >= 11 is 0. The van der Waals surface area contributed by atoms with Crippen LogP contribution in [0.25, 0.3) is 11.1 Å². The van der Waals surface area contributed by atoms with Crippen LogP contribution in [0.3, 0.4) is 0 Å². The Labute approximate surface area is 312 Å². The molecule has 9 nitrogen and oxygen atoms in total. The second kappa shape index (κ2) is 18.4. The van der Waals surface area contributed by atoms with Gasteiger partial charge >= 0.3 is 0 Å². The standard InChI is InChI=1S/C44H50N4O5/c1-31-14-21-38-27-37(31)29-45-43(51)39(22-17-32-9-4-2-5-10-32)47-44(52)40(28-42(50)48-25-8-11-34(30-48)24-26-53-38)46-41(49)23-18-33-15-19-36(20-16-33)35-12-6-3-7-13-35/h2-7,9-10,12-16,19-21,27,34,39-40H,8,11,17-18,22-26,28-30H2,1H3,(H,45,51)(H,46,49)(H,47,52)/t34?,39-,40-/m0/s1. The lowest BCUT2D eigenvalue weighted by molar-refractivity contribution is -0.138.